The summed E-state index contributed by atoms with van der Waals surface area (Å²) in [7, 11) is 2.11. The van der Waals surface area contributed by atoms with Crippen LogP contribution in [0.15, 0.2) is 0 Å². The predicted octanol–water partition coefficient (Wildman–Crippen LogP) is 1.32. The van der Waals surface area contributed by atoms with E-state index < -0.39 is 0 Å². The van der Waals surface area contributed by atoms with E-state index in [-0.39, 0.29) is 5.28 Å². The lowest BCUT2D eigenvalue weighted by atomic mass is 10.2. The molecule has 1 aromatic rings. The average molecular weight is 262 g/mol. The lowest BCUT2D eigenvalue weighted by Gasteiger charge is -2.38. The van der Waals surface area contributed by atoms with Crippen LogP contribution in [0.1, 0.15) is 6.92 Å². The van der Waals surface area contributed by atoms with Crippen molar-refractivity contribution in [3.05, 3.63) is 10.4 Å². The van der Waals surface area contributed by atoms with Gasteiger partial charge in [-0.1, -0.05) is 11.6 Å². The third-order valence-corrected chi connectivity index (χ3v) is 3.27. The van der Waals surface area contributed by atoms with Crippen LogP contribution in [-0.4, -0.2) is 52.8 Å². The summed E-state index contributed by atoms with van der Waals surface area (Å²) in [6.07, 6.45) is 0. The van der Waals surface area contributed by atoms with Crippen molar-refractivity contribution in [3.63, 3.8) is 0 Å². The molecule has 1 aromatic heterocycles. The van der Waals surface area contributed by atoms with Gasteiger partial charge in [-0.15, -0.1) is 10.2 Å². The van der Waals surface area contributed by atoms with Gasteiger partial charge in [0.1, 0.15) is 0 Å². The Labute approximate surface area is 104 Å². The molecule has 2 heterocycles. The summed E-state index contributed by atoms with van der Waals surface area (Å²) in [5.74, 6) is 0.626. The number of hydrogen-bond donors (Lipinski definition) is 0. The fourth-order valence-electron chi connectivity index (χ4n) is 1.73. The van der Waals surface area contributed by atoms with Crippen LogP contribution < -0.4 is 4.90 Å². The number of aromatic nitrogens is 3. The number of halogens is 2. The van der Waals surface area contributed by atoms with Crippen LogP contribution in [-0.2, 0) is 0 Å². The van der Waals surface area contributed by atoms with Gasteiger partial charge in [-0.25, -0.2) is 0 Å². The second kappa shape index (κ2) is 4.69. The number of anilines is 1. The Morgan fingerprint density at radius 3 is 2.69 bits per heavy atom. The van der Waals surface area contributed by atoms with Crippen LogP contribution in [0, 0.1) is 0 Å². The Kier molecular flexibility index (Phi) is 3.47. The molecule has 0 saturated carbocycles. The zero-order chi connectivity index (χ0) is 11.7. The van der Waals surface area contributed by atoms with E-state index in [4.69, 9.17) is 23.2 Å². The molecule has 0 radical (unpaired) electrons. The Morgan fingerprint density at radius 1 is 1.25 bits per heavy atom. The van der Waals surface area contributed by atoms with Gasteiger partial charge in [-0.2, -0.15) is 4.98 Å². The van der Waals surface area contributed by atoms with Gasteiger partial charge >= 0.3 is 0 Å². The van der Waals surface area contributed by atoms with Crippen LogP contribution in [0.5, 0.6) is 0 Å². The fourth-order valence-corrected chi connectivity index (χ4v) is 2.05. The van der Waals surface area contributed by atoms with E-state index in [9.17, 15) is 0 Å². The van der Waals surface area contributed by atoms with E-state index in [0.29, 0.717) is 17.0 Å². The largest absolute Gasteiger partial charge is 0.351 e. The van der Waals surface area contributed by atoms with E-state index in [2.05, 4.69) is 39.0 Å². The molecule has 0 aromatic carbocycles. The molecular weight excluding hydrogens is 249 g/mol. The lowest BCUT2D eigenvalue weighted by molar-refractivity contribution is 0.233. The second-order valence-electron chi connectivity index (χ2n) is 3.97. The van der Waals surface area contributed by atoms with Gasteiger partial charge in [0.15, 0.2) is 11.0 Å². The number of likely N-dealkylation sites (N-methyl/N-ethyl adjacent to an activating group) is 1. The van der Waals surface area contributed by atoms with E-state index in [0.717, 1.165) is 19.6 Å². The summed E-state index contributed by atoms with van der Waals surface area (Å²) in [5, 5.41) is 7.80. The van der Waals surface area contributed by atoms with Crippen molar-refractivity contribution in [1.29, 1.82) is 0 Å². The molecule has 2 rings (SSSR count). The average Bonchev–Trinajstić information content (AvgIpc) is 2.26. The molecule has 0 aliphatic carbocycles. The smallest absolute Gasteiger partial charge is 0.245 e. The second-order valence-corrected chi connectivity index (χ2v) is 4.67. The highest BCUT2D eigenvalue weighted by Gasteiger charge is 2.24. The van der Waals surface area contributed by atoms with E-state index in [1.807, 2.05) is 0 Å². The summed E-state index contributed by atoms with van der Waals surface area (Å²) < 4.78 is 0. The maximum absolute atomic E-state index is 5.96. The van der Waals surface area contributed by atoms with Crippen molar-refractivity contribution in [2.24, 2.45) is 0 Å². The van der Waals surface area contributed by atoms with Crippen molar-refractivity contribution < 1.29 is 0 Å². The molecule has 0 N–H and O–H groups in total. The highest BCUT2D eigenvalue weighted by molar-refractivity contribution is 6.32. The summed E-state index contributed by atoms with van der Waals surface area (Å²) in [4.78, 5) is 8.51. The maximum atomic E-state index is 5.96. The van der Waals surface area contributed by atoms with Crippen LogP contribution in [0.3, 0.4) is 0 Å². The van der Waals surface area contributed by atoms with Crippen molar-refractivity contribution >= 4 is 29.0 Å². The minimum atomic E-state index is 0.131. The minimum absolute atomic E-state index is 0.131. The molecule has 88 valence electrons. The topological polar surface area (TPSA) is 45.2 Å². The molecule has 1 aliphatic rings. The standard InChI is InChI=1S/C9H13Cl2N5/c1-6-5-16(4-3-15(6)2)8-7(10)13-14-9(11)12-8/h6H,3-5H2,1-2H3. The van der Waals surface area contributed by atoms with Crippen molar-refractivity contribution in [2.75, 3.05) is 31.6 Å². The Hall–Kier alpha value is -0.650. The minimum Gasteiger partial charge on any atom is -0.351 e. The molecule has 0 spiro atoms. The van der Waals surface area contributed by atoms with Gasteiger partial charge < -0.3 is 9.80 Å². The number of nitrogens with zero attached hydrogens (tertiary/aromatic N) is 5. The molecule has 0 amide bonds. The highest BCUT2D eigenvalue weighted by Crippen LogP contribution is 2.23. The van der Waals surface area contributed by atoms with Gasteiger partial charge in [-0.05, 0) is 25.6 Å². The Morgan fingerprint density at radius 2 is 2.00 bits per heavy atom. The monoisotopic (exact) mass is 261 g/mol. The first-order valence-corrected chi connectivity index (χ1v) is 5.84. The van der Waals surface area contributed by atoms with Gasteiger partial charge in [-0.3, -0.25) is 0 Å². The maximum Gasteiger partial charge on any atom is 0.245 e. The molecule has 7 heteroatoms. The van der Waals surface area contributed by atoms with E-state index >= 15 is 0 Å². The molecule has 0 bridgehead atoms. The molecule has 16 heavy (non-hydrogen) atoms. The van der Waals surface area contributed by atoms with Crippen LogP contribution in [0.2, 0.25) is 10.4 Å². The molecule has 1 aliphatic heterocycles. The van der Waals surface area contributed by atoms with Gasteiger partial charge in [0.05, 0.1) is 0 Å². The van der Waals surface area contributed by atoms with Crippen LogP contribution in [0.25, 0.3) is 0 Å². The first kappa shape index (κ1) is 11.8. The third-order valence-electron chi connectivity index (χ3n) is 2.86. The SMILES string of the molecule is CC1CN(c2nc(Cl)nnc2Cl)CCN1C. The molecule has 1 saturated heterocycles. The van der Waals surface area contributed by atoms with Crippen LogP contribution in [0.4, 0.5) is 5.82 Å². The van der Waals surface area contributed by atoms with Crippen molar-refractivity contribution in [1.82, 2.24) is 20.1 Å². The van der Waals surface area contributed by atoms with E-state index in [1.165, 1.54) is 0 Å². The third kappa shape index (κ3) is 2.36. The Bertz CT molecular complexity index is 386. The summed E-state index contributed by atoms with van der Waals surface area (Å²) in [6.45, 7) is 4.87. The number of rotatable bonds is 1. The zero-order valence-electron chi connectivity index (χ0n) is 9.19. The van der Waals surface area contributed by atoms with E-state index in [1.54, 1.807) is 0 Å². The predicted molar refractivity (Wildman–Crippen MR) is 64.2 cm³/mol. The number of piperazine rings is 1. The molecule has 1 unspecified atom stereocenters. The molecule has 1 fully saturated rings. The number of hydrogen-bond acceptors (Lipinski definition) is 5. The van der Waals surface area contributed by atoms with Crippen molar-refractivity contribution in [3.8, 4) is 0 Å². The molecule has 1 atom stereocenters. The first-order valence-electron chi connectivity index (χ1n) is 5.09. The first-order chi connectivity index (χ1) is 7.58. The quantitative estimate of drug-likeness (QED) is 0.763. The van der Waals surface area contributed by atoms with Crippen LogP contribution >= 0.6 is 23.2 Å². The highest BCUT2D eigenvalue weighted by atomic mass is 35.5. The normalized spacial score (nSPS) is 22.5. The zero-order valence-corrected chi connectivity index (χ0v) is 10.7. The van der Waals surface area contributed by atoms with Gasteiger partial charge in [0, 0.05) is 25.7 Å². The Balaban J connectivity index is 2.21. The summed E-state index contributed by atoms with van der Waals surface area (Å²) >= 11 is 11.7. The summed E-state index contributed by atoms with van der Waals surface area (Å²) in [6, 6.07) is 0.457. The molecular formula is C9H13Cl2N5. The molecule has 5 nitrogen and oxygen atoms in total. The lowest BCUT2D eigenvalue weighted by Crippen LogP contribution is -2.50. The van der Waals surface area contributed by atoms with Crippen molar-refractivity contribution in [2.45, 2.75) is 13.0 Å². The van der Waals surface area contributed by atoms with Gasteiger partial charge in [0.2, 0.25) is 5.28 Å². The van der Waals surface area contributed by atoms with Gasteiger partial charge in [0.25, 0.3) is 0 Å². The fraction of sp³-hybridized carbons (Fsp3) is 0.667. The summed E-state index contributed by atoms with van der Waals surface area (Å²) in [5.41, 5.74) is 0.